The van der Waals surface area contributed by atoms with E-state index in [1.807, 2.05) is 0 Å². The average Bonchev–Trinajstić information content (AvgIpc) is 2.27. The molecular weight excluding hydrogens is 334 g/mol. The molecule has 7 heteroatoms. The van der Waals surface area contributed by atoms with Crippen LogP contribution in [0.3, 0.4) is 0 Å². The number of piperidine rings is 1. The highest BCUT2D eigenvalue weighted by Gasteiger charge is 2.33. The second kappa shape index (κ2) is 6.43. The van der Waals surface area contributed by atoms with Gasteiger partial charge in [-0.2, -0.15) is 0 Å². The molecule has 0 spiro atoms. The molecule has 0 radical (unpaired) electrons. The summed E-state index contributed by atoms with van der Waals surface area (Å²) in [6.07, 6.45) is 0.895. The molecule has 0 N–H and O–H groups in total. The molecule has 19 heavy (non-hydrogen) atoms. The summed E-state index contributed by atoms with van der Waals surface area (Å²) in [5.41, 5.74) is -0.557. The molecule has 1 unspecified atom stereocenters. The fourth-order valence-corrected chi connectivity index (χ4v) is 4.83. The summed E-state index contributed by atoms with van der Waals surface area (Å²) in [6.45, 7) is 6.20. The fraction of sp³-hybridized carbons (Fsp3) is 0.917. The molecule has 0 aromatic heterocycles. The first-order chi connectivity index (χ1) is 8.65. The van der Waals surface area contributed by atoms with Crippen LogP contribution in [0, 0.1) is 0 Å². The van der Waals surface area contributed by atoms with Crippen molar-refractivity contribution in [1.29, 1.82) is 0 Å². The number of sulfone groups is 1. The highest BCUT2D eigenvalue weighted by Crippen LogP contribution is 2.20. The standard InChI is InChI=1S/C12H22BrNO4S/c1-12(2,3)18-11(15)14-7-4-5-10(9-14)19(16,17)8-6-13/h10H,4-9H2,1-3H3. The lowest BCUT2D eigenvalue weighted by Crippen LogP contribution is -2.47. The second-order valence-corrected chi connectivity index (χ2v) is 8.94. The zero-order valence-electron chi connectivity index (χ0n) is 11.7. The first kappa shape index (κ1) is 16.8. The number of ether oxygens (including phenoxy) is 1. The third-order valence-corrected chi connectivity index (χ3v) is 5.99. The van der Waals surface area contributed by atoms with Crippen LogP contribution in [0.25, 0.3) is 0 Å². The van der Waals surface area contributed by atoms with Crippen LogP contribution >= 0.6 is 15.9 Å². The molecule has 5 nitrogen and oxygen atoms in total. The summed E-state index contributed by atoms with van der Waals surface area (Å²) in [5.74, 6) is 0.111. The molecule has 112 valence electrons. The minimum absolute atomic E-state index is 0.111. The maximum absolute atomic E-state index is 12.0. The molecule has 0 aliphatic carbocycles. The Labute approximate surface area is 123 Å². The highest BCUT2D eigenvalue weighted by molar-refractivity contribution is 9.09. The Bertz CT molecular complexity index is 416. The van der Waals surface area contributed by atoms with Gasteiger partial charge in [0.15, 0.2) is 9.84 Å². The van der Waals surface area contributed by atoms with Crippen molar-refractivity contribution < 1.29 is 17.9 Å². The Hall–Kier alpha value is -0.300. The number of amides is 1. The van der Waals surface area contributed by atoms with Crippen molar-refractivity contribution in [2.24, 2.45) is 0 Å². The number of carbonyl (C=O) groups is 1. The molecule has 1 atom stereocenters. The van der Waals surface area contributed by atoms with Gasteiger partial charge in [-0.15, -0.1) is 0 Å². The summed E-state index contributed by atoms with van der Waals surface area (Å²) in [4.78, 5) is 13.4. The van der Waals surface area contributed by atoms with Crippen molar-refractivity contribution in [1.82, 2.24) is 4.90 Å². The minimum atomic E-state index is -3.14. The van der Waals surface area contributed by atoms with Crippen LogP contribution < -0.4 is 0 Å². The molecule has 1 rings (SSSR count). The van der Waals surface area contributed by atoms with Crippen LogP contribution in [0.4, 0.5) is 4.79 Å². The predicted octanol–water partition coefficient (Wildman–Crippen LogP) is 2.20. The van der Waals surface area contributed by atoms with E-state index in [2.05, 4.69) is 15.9 Å². The lowest BCUT2D eigenvalue weighted by atomic mass is 10.1. The first-order valence-electron chi connectivity index (χ1n) is 6.41. The number of hydrogen-bond acceptors (Lipinski definition) is 4. The van der Waals surface area contributed by atoms with Crippen LogP contribution in [-0.4, -0.2) is 54.4 Å². The van der Waals surface area contributed by atoms with Crippen molar-refractivity contribution in [3.63, 3.8) is 0 Å². The van der Waals surface area contributed by atoms with Crippen LogP contribution in [0.5, 0.6) is 0 Å². The van der Waals surface area contributed by atoms with E-state index >= 15 is 0 Å². The lowest BCUT2D eigenvalue weighted by Gasteiger charge is -2.33. The Morgan fingerprint density at radius 2 is 2.05 bits per heavy atom. The molecule has 1 aliphatic heterocycles. The van der Waals surface area contributed by atoms with Crippen LogP contribution in [0.2, 0.25) is 0 Å². The monoisotopic (exact) mass is 355 g/mol. The summed E-state index contributed by atoms with van der Waals surface area (Å²) in [7, 11) is -3.14. The van der Waals surface area contributed by atoms with Gasteiger partial charge in [-0.05, 0) is 33.6 Å². The maximum atomic E-state index is 12.0. The Morgan fingerprint density at radius 3 is 2.58 bits per heavy atom. The van der Waals surface area contributed by atoms with Gasteiger partial charge in [0.1, 0.15) is 5.60 Å². The topological polar surface area (TPSA) is 63.7 Å². The van der Waals surface area contributed by atoms with Gasteiger partial charge in [0, 0.05) is 18.4 Å². The Morgan fingerprint density at radius 1 is 1.42 bits per heavy atom. The van der Waals surface area contributed by atoms with Gasteiger partial charge in [-0.25, -0.2) is 13.2 Å². The van der Waals surface area contributed by atoms with E-state index in [1.165, 1.54) is 4.90 Å². The van der Waals surface area contributed by atoms with E-state index in [0.29, 0.717) is 24.7 Å². The zero-order valence-corrected chi connectivity index (χ0v) is 14.1. The third-order valence-electron chi connectivity index (χ3n) is 2.90. The van der Waals surface area contributed by atoms with Crippen molar-refractivity contribution >= 4 is 31.9 Å². The van der Waals surface area contributed by atoms with Gasteiger partial charge in [0.25, 0.3) is 0 Å². The zero-order chi connectivity index (χ0) is 14.7. The van der Waals surface area contributed by atoms with Gasteiger partial charge in [0.2, 0.25) is 0 Å². The van der Waals surface area contributed by atoms with Crippen molar-refractivity contribution in [3.8, 4) is 0 Å². The number of hydrogen-bond donors (Lipinski definition) is 0. The van der Waals surface area contributed by atoms with Crippen LogP contribution in [-0.2, 0) is 14.6 Å². The molecule has 0 bridgehead atoms. The van der Waals surface area contributed by atoms with E-state index < -0.39 is 26.8 Å². The predicted molar refractivity (Wildman–Crippen MR) is 78.4 cm³/mol. The molecule has 1 fully saturated rings. The number of halogens is 1. The Kier molecular flexibility index (Phi) is 5.67. The van der Waals surface area contributed by atoms with Crippen LogP contribution in [0.1, 0.15) is 33.6 Å². The molecular formula is C12H22BrNO4S. The number of rotatable bonds is 3. The third kappa shape index (κ3) is 5.30. The van der Waals surface area contributed by atoms with Crippen molar-refractivity contribution in [2.75, 3.05) is 24.2 Å². The highest BCUT2D eigenvalue weighted by atomic mass is 79.9. The summed E-state index contributed by atoms with van der Waals surface area (Å²) >= 11 is 3.15. The fourth-order valence-electron chi connectivity index (χ4n) is 2.00. The van der Waals surface area contributed by atoms with Gasteiger partial charge in [-0.1, -0.05) is 15.9 Å². The van der Waals surface area contributed by atoms with E-state index in [9.17, 15) is 13.2 Å². The second-order valence-electron chi connectivity index (χ2n) is 5.75. The molecule has 0 saturated carbocycles. The first-order valence-corrected chi connectivity index (χ1v) is 9.25. The SMILES string of the molecule is CC(C)(C)OC(=O)N1CCCC(S(=O)(=O)CCBr)C1. The van der Waals surface area contributed by atoms with E-state index in [-0.39, 0.29) is 12.3 Å². The van der Waals surface area contributed by atoms with E-state index in [1.54, 1.807) is 20.8 Å². The molecule has 0 aromatic rings. The molecule has 1 saturated heterocycles. The normalized spacial score (nSPS) is 21.3. The molecule has 0 aromatic carbocycles. The molecule has 1 aliphatic rings. The van der Waals surface area contributed by atoms with Crippen molar-refractivity contribution in [2.45, 2.75) is 44.5 Å². The van der Waals surface area contributed by atoms with Gasteiger partial charge in [-0.3, -0.25) is 0 Å². The molecule has 1 heterocycles. The largest absolute Gasteiger partial charge is 0.444 e. The number of carbonyl (C=O) groups excluding carboxylic acids is 1. The number of likely N-dealkylation sites (tertiary alicyclic amines) is 1. The van der Waals surface area contributed by atoms with Gasteiger partial charge >= 0.3 is 6.09 Å². The van der Waals surface area contributed by atoms with E-state index in [4.69, 9.17) is 4.74 Å². The number of alkyl halides is 1. The number of nitrogens with zero attached hydrogens (tertiary/aromatic N) is 1. The van der Waals surface area contributed by atoms with Gasteiger partial charge in [0.05, 0.1) is 11.0 Å². The Balaban J connectivity index is 2.67. The summed E-state index contributed by atoms with van der Waals surface area (Å²) in [5, 5.41) is -0.0375. The van der Waals surface area contributed by atoms with Crippen molar-refractivity contribution in [3.05, 3.63) is 0 Å². The summed E-state index contributed by atoms with van der Waals surface area (Å²) in [6, 6.07) is 0. The molecule has 1 amide bonds. The summed E-state index contributed by atoms with van der Waals surface area (Å²) < 4.78 is 29.3. The smallest absolute Gasteiger partial charge is 0.410 e. The minimum Gasteiger partial charge on any atom is -0.444 e. The quantitative estimate of drug-likeness (QED) is 0.728. The van der Waals surface area contributed by atoms with Crippen LogP contribution in [0.15, 0.2) is 0 Å². The van der Waals surface area contributed by atoms with E-state index in [0.717, 1.165) is 0 Å². The average molecular weight is 356 g/mol. The lowest BCUT2D eigenvalue weighted by molar-refractivity contribution is 0.0219. The maximum Gasteiger partial charge on any atom is 0.410 e. The van der Waals surface area contributed by atoms with Gasteiger partial charge < -0.3 is 9.64 Å².